The molecule has 1 unspecified atom stereocenters. The summed E-state index contributed by atoms with van der Waals surface area (Å²) < 4.78 is 13.2. The van der Waals surface area contributed by atoms with Crippen LogP contribution in [-0.2, 0) is 16.1 Å². The molecular formula is C20H22N4O3S2. The van der Waals surface area contributed by atoms with Crippen LogP contribution in [0.3, 0.4) is 0 Å². The Labute approximate surface area is 177 Å². The first-order chi connectivity index (χ1) is 14.2. The second-order valence-corrected chi connectivity index (χ2v) is 8.46. The highest BCUT2D eigenvalue weighted by molar-refractivity contribution is 7.99. The number of thioether (sulfide) groups is 1. The number of anilines is 1. The highest BCUT2D eigenvalue weighted by Crippen LogP contribution is 2.29. The van der Waals surface area contributed by atoms with Gasteiger partial charge in [-0.25, -0.2) is 0 Å². The van der Waals surface area contributed by atoms with E-state index in [1.165, 1.54) is 11.8 Å². The van der Waals surface area contributed by atoms with Crippen molar-refractivity contribution in [3.05, 3.63) is 41.8 Å². The van der Waals surface area contributed by atoms with E-state index >= 15 is 0 Å². The molecule has 1 aromatic carbocycles. The van der Waals surface area contributed by atoms with Gasteiger partial charge >= 0.3 is 0 Å². The Hall–Kier alpha value is -2.36. The molecule has 4 rings (SSSR count). The van der Waals surface area contributed by atoms with Crippen LogP contribution in [0.15, 0.2) is 46.9 Å². The van der Waals surface area contributed by atoms with Gasteiger partial charge < -0.3 is 14.8 Å². The summed E-state index contributed by atoms with van der Waals surface area (Å²) in [6.07, 6.45) is 2.26. The highest BCUT2D eigenvalue weighted by atomic mass is 32.2. The molecule has 1 aliphatic heterocycles. The predicted octanol–water partition coefficient (Wildman–Crippen LogP) is 3.93. The van der Waals surface area contributed by atoms with E-state index < -0.39 is 0 Å². The Morgan fingerprint density at radius 2 is 2.24 bits per heavy atom. The van der Waals surface area contributed by atoms with Crippen molar-refractivity contribution in [2.45, 2.75) is 30.6 Å². The maximum absolute atomic E-state index is 12.5. The van der Waals surface area contributed by atoms with Gasteiger partial charge in [0.05, 0.1) is 36.1 Å². The fraction of sp³-hybridized carbons (Fsp3) is 0.350. The maximum atomic E-state index is 12.5. The van der Waals surface area contributed by atoms with Crippen LogP contribution in [0.25, 0.3) is 10.7 Å². The zero-order valence-corrected chi connectivity index (χ0v) is 17.7. The van der Waals surface area contributed by atoms with Crippen LogP contribution in [0.5, 0.6) is 5.75 Å². The number of hydrogen-bond donors (Lipinski definition) is 1. The molecule has 2 aromatic heterocycles. The predicted molar refractivity (Wildman–Crippen MR) is 115 cm³/mol. The van der Waals surface area contributed by atoms with Crippen LogP contribution < -0.4 is 10.1 Å². The third-order valence-electron chi connectivity index (χ3n) is 4.58. The standard InChI is InChI=1S/C20H22N4O3S2/c1-26-16-8-3-2-7-15(16)21-18(25)13-29-20-23-22-19(17-9-5-11-28-17)24(20)12-14-6-4-10-27-14/h2-3,5,7-9,11,14H,4,6,10,12-13H2,1H3,(H,21,25). The summed E-state index contributed by atoms with van der Waals surface area (Å²) in [5.74, 6) is 1.56. The van der Waals surface area contributed by atoms with E-state index in [-0.39, 0.29) is 17.8 Å². The Bertz CT molecular complexity index is 953. The van der Waals surface area contributed by atoms with E-state index in [0.717, 1.165) is 35.3 Å². The first-order valence-electron chi connectivity index (χ1n) is 9.39. The van der Waals surface area contributed by atoms with E-state index in [0.29, 0.717) is 18.0 Å². The fourth-order valence-corrected chi connectivity index (χ4v) is 4.67. The zero-order valence-electron chi connectivity index (χ0n) is 16.0. The van der Waals surface area contributed by atoms with Gasteiger partial charge in [-0.2, -0.15) is 0 Å². The molecular weight excluding hydrogens is 408 g/mol. The minimum absolute atomic E-state index is 0.121. The van der Waals surface area contributed by atoms with Crippen molar-refractivity contribution in [2.24, 2.45) is 0 Å². The van der Waals surface area contributed by atoms with Crippen LogP contribution in [0.1, 0.15) is 12.8 Å². The smallest absolute Gasteiger partial charge is 0.234 e. The van der Waals surface area contributed by atoms with Crippen molar-refractivity contribution < 1.29 is 14.3 Å². The highest BCUT2D eigenvalue weighted by Gasteiger charge is 2.22. The van der Waals surface area contributed by atoms with E-state index in [1.54, 1.807) is 18.4 Å². The van der Waals surface area contributed by atoms with Crippen molar-refractivity contribution in [3.8, 4) is 16.5 Å². The summed E-state index contributed by atoms with van der Waals surface area (Å²) in [6.45, 7) is 1.49. The SMILES string of the molecule is COc1ccccc1NC(=O)CSc1nnc(-c2cccs2)n1CC1CCCO1. The monoisotopic (exact) mass is 430 g/mol. The molecule has 1 saturated heterocycles. The summed E-state index contributed by atoms with van der Waals surface area (Å²) in [5.41, 5.74) is 0.653. The molecule has 1 atom stereocenters. The van der Waals surface area contributed by atoms with Gasteiger partial charge in [0.15, 0.2) is 11.0 Å². The number of carbonyl (C=O) groups is 1. The van der Waals surface area contributed by atoms with Gasteiger partial charge in [-0.1, -0.05) is 30.0 Å². The number of aromatic nitrogens is 3. The Morgan fingerprint density at radius 1 is 1.34 bits per heavy atom. The van der Waals surface area contributed by atoms with Gasteiger partial charge in [0, 0.05) is 6.61 Å². The molecule has 29 heavy (non-hydrogen) atoms. The van der Waals surface area contributed by atoms with Crippen LogP contribution in [-0.4, -0.2) is 46.2 Å². The summed E-state index contributed by atoms with van der Waals surface area (Å²) in [7, 11) is 1.58. The molecule has 7 nitrogen and oxygen atoms in total. The van der Waals surface area contributed by atoms with Crippen molar-refractivity contribution >= 4 is 34.7 Å². The van der Waals surface area contributed by atoms with Gasteiger partial charge in [0.2, 0.25) is 5.91 Å². The van der Waals surface area contributed by atoms with Gasteiger partial charge in [0.25, 0.3) is 0 Å². The fourth-order valence-electron chi connectivity index (χ4n) is 3.20. The number of para-hydroxylation sites is 2. The Morgan fingerprint density at radius 3 is 3.00 bits per heavy atom. The third-order valence-corrected chi connectivity index (χ3v) is 6.41. The Kier molecular flexibility index (Phi) is 6.48. The number of ether oxygens (including phenoxy) is 2. The topological polar surface area (TPSA) is 78.3 Å². The number of benzene rings is 1. The Balaban J connectivity index is 1.47. The second kappa shape index (κ2) is 9.43. The molecule has 1 N–H and O–H groups in total. The quantitative estimate of drug-likeness (QED) is 0.546. The number of carbonyl (C=O) groups excluding carboxylic acids is 1. The van der Waals surface area contributed by atoms with Gasteiger partial charge in [-0.15, -0.1) is 21.5 Å². The van der Waals surface area contributed by atoms with Crippen molar-refractivity contribution in [1.82, 2.24) is 14.8 Å². The lowest BCUT2D eigenvalue weighted by Crippen LogP contribution is -2.18. The van der Waals surface area contributed by atoms with E-state index in [1.807, 2.05) is 41.8 Å². The first-order valence-corrected chi connectivity index (χ1v) is 11.3. The largest absolute Gasteiger partial charge is 0.495 e. The van der Waals surface area contributed by atoms with Crippen molar-refractivity contribution in [2.75, 3.05) is 24.8 Å². The molecule has 1 amide bonds. The summed E-state index contributed by atoms with van der Waals surface area (Å²) >= 11 is 3.00. The third kappa shape index (κ3) is 4.80. The average molecular weight is 431 g/mol. The molecule has 152 valence electrons. The summed E-state index contributed by atoms with van der Waals surface area (Å²) in [5, 5.41) is 14.4. The van der Waals surface area contributed by atoms with Gasteiger partial charge in [0.1, 0.15) is 5.75 Å². The molecule has 3 heterocycles. The normalized spacial score (nSPS) is 16.1. The van der Waals surface area contributed by atoms with E-state index in [9.17, 15) is 4.79 Å². The van der Waals surface area contributed by atoms with Crippen LogP contribution in [0, 0.1) is 0 Å². The molecule has 0 saturated carbocycles. The van der Waals surface area contributed by atoms with Crippen molar-refractivity contribution in [3.63, 3.8) is 0 Å². The number of nitrogens with one attached hydrogen (secondary N) is 1. The molecule has 9 heteroatoms. The lowest BCUT2D eigenvalue weighted by molar-refractivity contribution is -0.113. The van der Waals surface area contributed by atoms with Gasteiger partial charge in [-0.3, -0.25) is 9.36 Å². The van der Waals surface area contributed by atoms with E-state index in [4.69, 9.17) is 9.47 Å². The molecule has 3 aromatic rings. The van der Waals surface area contributed by atoms with Gasteiger partial charge in [-0.05, 0) is 36.4 Å². The van der Waals surface area contributed by atoms with E-state index in [2.05, 4.69) is 20.1 Å². The van der Waals surface area contributed by atoms with Crippen molar-refractivity contribution in [1.29, 1.82) is 0 Å². The lowest BCUT2D eigenvalue weighted by Gasteiger charge is -2.14. The van der Waals surface area contributed by atoms with Crippen LogP contribution in [0.2, 0.25) is 0 Å². The maximum Gasteiger partial charge on any atom is 0.234 e. The molecule has 0 bridgehead atoms. The molecule has 1 fully saturated rings. The van der Waals surface area contributed by atoms with Crippen LogP contribution >= 0.6 is 23.1 Å². The molecule has 0 spiro atoms. The number of rotatable bonds is 8. The summed E-state index contributed by atoms with van der Waals surface area (Å²) in [6, 6.07) is 11.4. The number of nitrogens with zero attached hydrogens (tertiary/aromatic N) is 3. The number of hydrogen-bond acceptors (Lipinski definition) is 7. The number of methoxy groups -OCH3 is 1. The number of amides is 1. The minimum atomic E-state index is -0.121. The second-order valence-electron chi connectivity index (χ2n) is 6.57. The number of thiophene rings is 1. The van der Waals surface area contributed by atoms with Crippen LogP contribution in [0.4, 0.5) is 5.69 Å². The average Bonchev–Trinajstić information content (AvgIpc) is 3.50. The molecule has 1 aliphatic rings. The minimum Gasteiger partial charge on any atom is -0.495 e. The molecule has 0 radical (unpaired) electrons. The lowest BCUT2D eigenvalue weighted by atomic mass is 10.2. The first kappa shape index (κ1) is 19.9. The molecule has 0 aliphatic carbocycles. The zero-order chi connectivity index (χ0) is 20.1. The summed E-state index contributed by atoms with van der Waals surface area (Å²) in [4.78, 5) is 13.5.